The summed E-state index contributed by atoms with van der Waals surface area (Å²) in [4.78, 5) is 10.00. The van der Waals surface area contributed by atoms with Crippen LogP contribution in [0.15, 0.2) is 41.3 Å². The van der Waals surface area contributed by atoms with Gasteiger partial charge < -0.3 is 0 Å². The van der Waals surface area contributed by atoms with Gasteiger partial charge in [0, 0.05) is 36.3 Å². The lowest BCUT2D eigenvalue weighted by Crippen LogP contribution is -2.27. The van der Waals surface area contributed by atoms with Crippen molar-refractivity contribution in [3.63, 3.8) is 0 Å². The number of hydrogen-bond acceptors (Lipinski definition) is 4. The molecule has 0 amide bonds. The van der Waals surface area contributed by atoms with Crippen LogP contribution in [0.25, 0.3) is 0 Å². The summed E-state index contributed by atoms with van der Waals surface area (Å²) >= 11 is 5.92. The summed E-state index contributed by atoms with van der Waals surface area (Å²) < 4.78 is 40.1. The SMILES string of the molecule is Cc1ccc([N+](=O)[O-])cc1S(=O)(=O)N(C)Cc1c(F)cccc1Cl. The van der Waals surface area contributed by atoms with Crippen molar-refractivity contribution in [2.75, 3.05) is 7.05 Å². The first-order valence-corrected chi connectivity index (χ1v) is 8.60. The third-order valence-corrected chi connectivity index (χ3v) is 5.81. The zero-order valence-electron chi connectivity index (χ0n) is 12.9. The van der Waals surface area contributed by atoms with Crippen LogP contribution < -0.4 is 0 Å². The first-order valence-electron chi connectivity index (χ1n) is 6.79. The van der Waals surface area contributed by atoms with Gasteiger partial charge in [0.25, 0.3) is 5.69 Å². The maximum atomic E-state index is 13.9. The fourth-order valence-electron chi connectivity index (χ4n) is 2.14. The molecule has 24 heavy (non-hydrogen) atoms. The van der Waals surface area contributed by atoms with E-state index in [1.54, 1.807) is 0 Å². The van der Waals surface area contributed by atoms with Gasteiger partial charge in [0.2, 0.25) is 10.0 Å². The molecule has 2 rings (SSSR count). The van der Waals surface area contributed by atoms with Gasteiger partial charge in [-0.25, -0.2) is 12.8 Å². The lowest BCUT2D eigenvalue weighted by atomic mass is 10.2. The fourth-order valence-corrected chi connectivity index (χ4v) is 3.74. The average molecular weight is 373 g/mol. The molecule has 6 nitrogen and oxygen atoms in total. The summed E-state index contributed by atoms with van der Waals surface area (Å²) in [5, 5.41) is 11.0. The minimum Gasteiger partial charge on any atom is -0.258 e. The van der Waals surface area contributed by atoms with Crippen LogP contribution in [0.3, 0.4) is 0 Å². The molecule has 0 aliphatic carbocycles. The number of sulfonamides is 1. The molecule has 0 spiro atoms. The van der Waals surface area contributed by atoms with E-state index in [0.717, 1.165) is 10.4 Å². The Morgan fingerprint density at radius 3 is 2.54 bits per heavy atom. The van der Waals surface area contributed by atoms with Gasteiger partial charge in [0.1, 0.15) is 5.82 Å². The highest BCUT2D eigenvalue weighted by Gasteiger charge is 2.26. The van der Waals surface area contributed by atoms with Crippen LogP contribution in [0.5, 0.6) is 0 Å². The molecule has 0 saturated carbocycles. The Balaban J connectivity index is 2.43. The first-order chi connectivity index (χ1) is 11.1. The third kappa shape index (κ3) is 3.55. The second kappa shape index (κ2) is 6.84. The summed E-state index contributed by atoms with van der Waals surface area (Å²) in [6.07, 6.45) is 0. The second-order valence-electron chi connectivity index (χ2n) is 5.17. The quantitative estimate of drug-likeness (QED) is 0.594. The molecule has 2 aromatic rings. The smallest absolute Gasteiger partial charge is 0.258 e. The van der Waals surface area contributed by atoms with Crippen LogP contribution in [0.4, 0.5) is 10.1 Å². The molecule has 0 heterocycles. The molecule has 0 aliphatic heterocycles. The number of halogens is 2. The van der Waals surface area contributed by atoms with E-state index in [-0.39, 0.29) is 27.7 Å². The number of aryl methyl sites for hydroxylation is 1. The highest BCUT2D eigenvalue weighted by atomic mass is 35.5. The van der Waals surface area contributed by atoms with Gasteiger partial charge in [0.05, 0.1) is 9.82 Å². The largest absolute Gasteiger partial charge is 0.270 e. The average Bonchev–Trinajstić information content (AvgIpc) is 2.50. The Labute approximate surface area is 143 Å². The van der Waals surface area contributed by atoms with Crippen LogP contribution in [-0.4, -0.2) is 24.7 Å². The maximum absolute atomic E-state index is 13.9. The van der Waals surface area contributed by atoms with Gasteiger partial charge in [0.15, 0.2) is 0 Å². The van der Waals surface area contributed by atoms with Crippen molar-refractivity contribution < 1.29 is 17.7 Å². The number of nitro groups is 1. The molecule has 0 fully saturated rings. The molecular formula is C15H14ClFN2O4S. The van der Waals surface area contributed by atoms with E-state index in [4.69, 9.17) is 11.6 Å². The van der Waals surface area contributed by atoms with E-state index in [1.807, 2.05) is 0 Å². The lowest BCUT2D eigenvalue weighted by molar-refractivity contribution is -0.385. The molecular weight excluding hydrogens is 359 g/mol. The maximum Gasteiger partial charge on any atom is 0.270 e. The Morgan fingerprint density at radius 1 is 1.29 bits per heavy atom. The van der Waals surface area contributed by atoms with E-state index < -0.39 is 20.8 Å². The van der Waals surface area contributed by atoms with Gasteiger partial charge in [-0.2, -0.15) is 4.31 Å². The molecule has 0 aliphatic rings. The Kier molecular flexibility index (Phi) is 5.22. The summed E-state index contributed by atoms with van der Waals surface area (Å²) in [5.41, 5.74) is 0.0527. The molecule has 128 valence electrons. The predicted octanol–water partition coefficient (Wildman–Crippen LogP) is 3.52. The molecule has 0 saturated heterocycles. The fraction of sp³-hybridized carbons (Fsp3) is 0.200. The third-order valence-electron chi connectivity index (χ3n) is 3.51. The molecule has 0 radical (unpaired) electrons. The zero-order valence-corrected chi connectivity index (χ0v) is 14.4. The van der Waals surface area contributed by atoms with Gasteiger partial charge >= 0.3 is 0 Å². The molecule has 0 aromatic heterocycles. The number of nitrogens with zero attached hydrogens (tertiary/aromatic N) is 2. The number of non-ortho nitro benzene ring substituents is 1. The van der Waals surface area contributed by atoms with Gasteiger partial charge in [-0.1, -0.05) is 23.7 Å². The predicted molar refractivity (Wildman–Crippen MR) is 87.9 cm³/mol. The van der Waals surface area contributed by atoms with E-state index in [9.17, 15) is 22.9 Å². The van der Waals surface area contributed by atoms with Gasteiger partial charge in [-0.15, -0.1) is 0 Å². The summed E-state index contributed by atoms with van der Waals surface area (Å²) in [5.74, 6) is -0.625. The van der Waals surface area contributed by atoms with Crippen LogP contribution in [0, 0.1) is 22.9 Å². The van der Waals surface area contributed by atoms with Crippen LogP contribution in [-0.2, 0) is 16.6 Å². The van der Waals surface area contributed by atoms with Crippen molar-refractivity contribution in [3.8, 4) is 0 Å². The number of rotatable bonds is 5. The van der Waals surface area contributed by atoms with E-state index in [2.05, 4.69) is 0 Å². The number of hydrogen-bond donors (Lipinski definition) is 0. The highest BCUT2D eigenvalue weighted by Crippen LogP contribution is 2.27. The normalized spacial score (nSPS) is 11.7. The summed E-state index contributed by atoms with van der Waals surface area (Å²) in [6, 6.07) is 7.63. The minimum absolute atomic E-state index is 0.0355. The molecule has 0 bridgehead atoms. The summed E-state index contributed by atoms with van der Waals surface area (Å²) in [6.45, 7) is 1.23. The lowest BCUT2D eigenvalue weighted by Gasteiger charge is -2.19. The van der Waals surface area contributed by atoms with Crippen molar-refractivity contribution in [2.45, 2.75) is 18.4 Å². The molecule has 0 unspecified atom stereocenters. The molecule has 0 N–H and O–H groups in total. The van der Waals surface area contributed by atoms with Crippen molar-refractivity contribution in [2.24, 2.45) is 0 Å². The van der Waals surface area contributed by atoms with Gasteiger partial charge in [-0.3, -0.25) is 10.1 Å². The second-order valence-corrected chi connectivity index (χ2v) is 7.59. The van der Waals surface area contributed by atoms with Crippen molar-refractivity contribution in [1.82, 2.24) is 4.31 Å². The Morgan fingerprint density at radius 2 is 1.96 bits per heavy atom. The van der Waals surface area contributed by atoms with Crippen molar-refractivity contribution in [1.29, 1.82) is 0 Å². The minimum atomic E-state index is -4.05. The zero-order chi connectivity index (χ0) is 18.1. The first kappa shape index (κ1) is 18.3. The topological polar surface area (TPSA) is 80.5 Å². The highest BCUT2D eigenvalue weighted by molar-refractivity contribution is 7.89. The monoisotopic (exact) mass is 372 g/mol. The summed E-state index contributed by atoms with van der Waals surface area (Å²) in [7, 11) is -2.79. The van der Waals surface area contributed by atoms with Crippen LogP contribution in [0.1, 0.15) is 11.1 Å². The van der Waals surface area contributed by atoms with Crippen LogP contribution in [0.2, 0.25) is 5.02 Å². The molecule has 9 heteroatoms. The van der Waals surface area contributed by atoms with Gasteiger partial charge in [-0.05, 0) is 24.6 Å². The molecule has 0 atom stereocenters. The number of benzene rings is 2. The van der Waals surface area contributed by atoms with E-state index in [1.165, 1.54) is 44.3 Å². The van der Waals surface area contributed by atoms with Crippen molar-refractivity contribution >= 4 is 27.3 Å². The van der Waals surface area contributed by atoms with E-state index >= 15 is 0 Å². The molecule has 2 aromatic carbocycles. The number of nitro benzene ring substituents is 1. The van der Waals surface area contributed by atoms with Crippen molar-refractivity contribution in [3.05, 3.63) is 68.5 Å². The standard InChI is InChI=1S/C15H14ClFN2O4S/c1-10-6-7-11(19(20)21)8-15(10)24(22,23)18(2)9-12-13(16)4-3-5-14(12)17/h3-8H,9H2,1-2H3. The Bertz CT molecular complexity index is 882. The van der Waals surface area contributed by atoms with Crippen LogP contribution >= 0.6 is 11.6 Å². The van der Waals surface area contributed by atoms with E-state index in [0.29, 0.717) is 5.56 Å². The Hall–Kier alpha value is -2.03.